The zero-order valence-corrected chi connectivity index (χ0v) is 8.58. The summed E-state index contributed by atoms with van der Waals surface area (Å²) in [6.07, 6.45) is -3.49. The summed E-state index contributed by atoms with van der Waals surface area (Å²) < 4.78 is 50.3. The Morgan fingerprint density at radius 2 is 1.94 bits per heavy atom. The summed E-state index contributed by atoms with van der Waals surface area (Å²) in [5.74, 6) is -0.472. The van der Waals surface area contributed by atoms with Crippen LogP contribution >= 0.6 is 0 Å². The molecular weight excluding hydrogens is 236 g/mol. The number of aromatic nitrogens is 2. The van der Waals surface area contributed by atoms with Crippen molar-refractivity contribution in [2.75, 3.05) is 0 Å². The van der Waals surface area contributed by atoms with Crippen LogP contribution in [0, 0.1) is 5.82 Å². The Labute approximate surface area is 94.5 Å². The van der Waals surface area contributed by atoms with Gasteiger partial charge in [0.2, 0.25) is 0 Å². The third kappa shape index (κ3) is 2.64. The Hall–Kier alpha value is -1.85. The Kier molecular flexibility index (Phi) is 2.87. The standard InChI is InChI=1S/C11H8F4N2/c12-9-3-1-2-8(6-9)7-10-4-5-16-17(10)11(13,14)15/h1-6H,7H2. The van der Waals surface area contributed by atoms with Gasteiger partial charge in [0.1, 0.15) is 5.82 Å². The van der Waals surface area contributed by atoms with Gasteiger partial charge in [-0.2, -0.15) is 9.78 Å². The molecule has 0 aliphatic rings. The zero-order valence-electron chi connectivity index (χ0n) is 8.58. The fourth-order valence-electron chi connectivity index (χ4n) is 1.55. The second-order valence-corrected chi connectivity index (χ2v) is 3.51. The summed E-state index contributed by atoms with van der Waals surface area (Å²) in [5, 5.41) is 3.20. The van der Waals surface area contributed by atoms with E-state index in [9.17, 15) is 17.6 Å². The molecule has 2 aromatic rings. The number of alkyl halides is 3. The number of hydrogen-bond donors (Lipinski definition) is 0. The van der Waals surface area contributed by atoms with Crippen LogP contribution in [-0.4, -0.2) is 9.78 Å². The summed E-state index contributed by atoms with van der Waals surface area (Å²) >= 11 is 0. The lowest BCUT2D eigenvalue weighted by molar-refractivity contribution is -0.213. The predicted molar refractivity (Wildman–Crippen MR) is 52.7 cm³/mol. The van der Waals surface area contributed by atoms with Crippen molar-refractivity contribution in [1.29, 1.82) is 0 Å². The van der Waals surface area contributed by atoms with Crippen LogP contribution in [0.2, 0.25) is 0 Å². The van der Waals surface area contributed by atoms with E-state index in [1.54, 1.807) is 6.07 Å². The number of rotatable bonds is 2. The molecule has 0 aliphatic carbocycles. The maximum atomic E-state index is 12.9. The lowest BCUT2D eigenvalue weighted by Gasteiger charge is -2.10. The van der Waals surface area contributed by atoms with E-state index >= 15 is 0 Å². The molecule has 0 aliphatic heterocycles. The fourth-order valence-corrected chi connectivity index (χ4v) is 1.55. The highest BCUT2D eigenvalue weighted by Gasteiger charge is 2.33. The molecule has 0 saturated heterocycles. The second kappa shape index (κ2) is 4.20. The molecule has 2 nitrogen and oxygen atoms in total. The summed E-state index contributed by atoms with van der Waals surface area (Å²) in [4.78, 5) is 0. The first-order chi connectivity index (χ1) is 7.97. The molecule has 0 spiro atoms. The summed E-state index contributed by atoms with van der Waals surface area (Å²) in [6.45, 7) is 0. The van der Waals surface area contributed by atoms with Crippen molar-refractivity contribution in [2.24, 2.45) is 0 Å². The molecule has 0 radical (unpaired) electrons. The molecular formula is C11H8F4N2. The molecule has 0 unspecified atom stereocenters. The van der Waals surface area contributed by atoms with Crippen LogP contribution in [0.25, 0.3) is 0 Å². The van der Waals surface area contributed by atoms with Crippen LogP contribution in [0.15, 0.2) is 36.5 Å². The minimum Gasteiger partial charge on any atom is -0.207 e. The largest absolute Gasteiger partial charge is 0.504 e. The van der Waals surface area contributed by atoms with Crippen molar-refractivity contribution in [1.82, 2.24) is 9.78 Å². The Morgan fingerprint density at radius 1 is 1.18 bits per heavy atom. The Bertz CT molecular complexity index is 516. The maximum absolute atomic E-state index is 12.9. The van der Waals surface area contributed by atoms with Crippen molar-refractivity contribution in [3.05, 3.63) is 53.6 Å². The smallest absolute Gasteiger partial charge is 0.207 e. The maximum Gasteiger partial charge on any atom is 0.504 e. The molecule has 6 heteroatoms. The van der Waals surface area contributed by atoms with E-state index in [0.717, 1.165) is 6.20 Å². The SMILES string of the molecule is Fc1cccc(Cc2ccnn2C(F)(F)F)c1. The van der Waals surface area contributed by atoms with Gasteiger partial charge in [-0.25, -0.2) is 4.39 Å². The van der Waals surface area contributed by atoms with E-state index in [1.165, 1.54) is 24.3 Å². The predicted octanol–water partition coefficient (Wildman–Crippen LogP) is 3.09. The van der Waals surface area contributed by atoms with E-state index in [4.69, 9.17) is 0 Å². The third-order valence-electron chi connectivity index (χ3n) is 2.24. The van der Waals surface area contributed by atoms with Crippen LogP contribution in [0.3, 0.4) is 0 Å². The van der Waals surface area contributed by atoms with Crippen LogP contribution < -0.4 is 0 Å². The van der Waals surface area contributed by atoms with Gasteiger partial charge in [0, 0.05) is 12.6 Å². The van der Waals surface area contributed by atoms with Gasteiger partial charge in [-0.3, -0.25) is 0 Å². The van der Waals surface area contributed by atoms with Gasteiger partial charge in [0.25, 0.3) is 0 Å². The molecule has 90 valence electrons. The van der Waals surface area contributed by atoms with E-state index in [0.29, 0.717) is 5.56 Å². The normalized spacial score (nSPS) is 11.8. The van der Waals surface area contributed by atoms with Crippen LogP contribution in [0.1, 0.15) is 11.3 Å². The van der Waals surface area contributed by atoms with E-state index < -0.39 is 12.1 Å². The highest BCUT2D eigenvalue weighted by molar-refractivity contribution is 5.22. The summed E-state index contributed by atoms with van der Waals surface area (Å²) in [7, 11) is 0. The fraction of sp³-hybridized carbons (Fsp3) is 0.182. The average Bonchev–Trinajstić information content (AvgIpc) is 2.65. The van der Waals surface area contributed by atoms with Gasteiger partial charge >= 0.3 is 6.30 Å². The third-order valence-corrected chi connectivity index (χ3v) is 2.24. The lowest BCUT2D eigenvalue weighted by Crippen LogP contribution is -2.20. The molecule has 0 saturated carbocycles. The van der Waals surface area contributed by atoms with Crippen molar-refractivity contribution >= 4 is 0 Å². The molecule has 2 rings (SSSR count). The zero-order chi connectivity index (χ0) is 12.5. The van der Waals surface area contributed by atoms with Crippen molar-refractivity contribution in [3.63, 3.8) is 0 Å². The number of benzene rings is 1. The Balaban J connectivity index is 2.28. The highest BCUT2D eigenvalue weighted by Crippen LogP contribution is 2.24. The molecule has 0 fully saturated rings. The summed E-state index contributed by atoms with van der Waals surface area (Å²) in [5.41, 5.74) is 0.444. The van der Waals surface area contributed by atoms with Crippen molar-refractivity contribution in [2.45, 2.75) is 12.7 Å². The number of nitrogens with zero attached hydrogens (tertiary/aromatic N) is 2. The van der Waals surface area contributed by atoms with E-state index in [2.05, 4.69) is 5.10 Å². The van der Waals surface area contributed by atoms with Gasteiger partial charge in [0.05, 0.1) is 5.69 Å². The number of hydrogen-bond acceptors (Lipinski definition) is 1. The lowest BCUT2D eigenvalue weighted by atomic mass is 10.1. The average molecular weight is 244 g/mol. The highest BCUT2D eigenvalue weighted by atomic mass is 19.4. The first kappa shape index (κ1) is 11.6. The van der Waals surface area contributed by atoms with E-state index in [1.807, 2.05) is 0 Å². The van der Waals surface area contributed by atoms with Crippen LogP contribution in [0.4, 0.5) is 17.6 Å². The monoisotopic (exact) mass is 244 g/mol. The molecule has 0 bridgehead atoms. The van der Waals surface area contributed by atoms with Gasteiger partial charge in [-0.15, -0.1) is 13.2 Å². The van der Waals surface area contributed by atoms with Gasteiger partial charge < -0.3 is 0 Å². The van der Waals surface area contributed by atoms with Crippen LogP contribution in [-0.2, 0) is 12.7 Å². The second-order valence-electron chi connectivity index (χ2n) is 3.51. The van der Waals surface area contributed by atoms with Crippen LogP contribution in [0.5, 0.6) is 0 Å². The molecule has 0 amide bonds. The molecule has 17 heavy (non-hydrogen) atoms. The van der Waals surface area contributed by atoms with Crippen molar-refractivity contribution < 1.29 is 17.6 Å². The molecule has 1 aromatic carbocycles. The molecule has 0 N–H and O–H groups in total. The molecule has 1 aromatic heterocycles. The van der Waals surface area contributed by atoms with Gasteiger partial charge in [0.15, 0.2) is 0 Å². The minimum atomic E-state index is -4.55. The quantitative estimate of drug-likeness (QED) is 0.742. The number of halogens is 4. The first-order valence-corrected chi connectivity index (χ1v) is 4.81. The van der Waals surface area contributed by atoms with Gasteiger partial charge in [-0.05, 0) is 23.8 Å². The van der Waals surface area contributed by atoms with Gasteiger partial charge in [-0.1, -0.05) is 12.1 Å². The Morgan fingerprint density at radius 3 is 2.59 bits per heavy atom. The molecule has 0 atom stereocenters. The van der Waals surface area contributed by atoms with E-state index in [-0.39, 0.29) is 16.8 Å². The van der Waals surface area contributed by atoms with Crippen molar-refractivity contribution in [3.8, 4) is 0 Å². The summed E-state index contributed by atoms with van der Waals surface area (Å²) in [6, 6.07) is 6.73. The topological polar surface area (TPSA) is 17.8 Å². The first-order valence-electron chi connectivity index (χ1n) is 4.81. The molecule has 1 heterocycles. The minimum absolute atomic E-state index is 0.0160.